The minimum atomic E-state index is -0.584. The molecule has 1 heterocycles. The summed E-state index contributed by atoms with van der Waals surface area (Å²) < 4.78 is 18.5. The lowest BCUT2D eigenvalue weighted by molar-refractivity contribution is 0.0931. The first-order valence-corrected chi connectivity index (χ1v) is 6.64. The SMILES string of the molecule is N#C[C@@H](NC(=O)c1ccc(F)c(Br)c1)[C@H]1CCOC1. The van der Waals surface area contributed by atoms with Crippen molar-refractivity contribution in [3.8, 4) is 6.07 Å². The van der Waals surface area contributed by atoms with Gasteiger partial charge < -0.3 is 10.1 Å². The van der Waals surface area contributed by atoms with E-state index in [0.29, 0.717) is 18.8 Å². The Hall–Kier alpha value is -1.45. The molecule has 1 fully saturated rings. The van der Waals surface area contributed by atoms with Gasteiger partial charge in [-0.2, -0.15) is 5.26 Å². The van der Waals surface area contributed by atoms with Crippen LogP contribution in [0.15, 0.2) is 22.7 Å². The highest BCUT2D eigenvalue weighted by Crippen LogP contribution is 2.19. The van der Waals surface area contributed by atoms with E-state index in [4.69, 9.17) is 10.00 Å². The largest absolute Gasteiger partial charge is 0.381 e. The lowest BCUT2D eigenvalue weighted by Crippen LogP contribution is -2.39. The molecule has 1 aliphatic rings. The number of hydrogen-bond acceptors (Lipinski definition) is 3. The molecule has 2 atom stereocenters. The molecule has 0 aromatic heterocycles. The highest BCUT2D eigenvalue weighted by atomic mass is 79.9. The second-order valence-electron chi connectivity index (χ2n) is 4.33. The molecule has 4 nitrogen and oxygen atoms in total. The van der Waals surface area contributed by atoms with Gasteiger partial charge in [0.1, 0.15) is 11.9 Å². The van der Waals surface area contributed by atoms with E-state index in [1.807, 2.05) is 0 Å². The van der Waals surface area contributed by atoms with Crippen LogP contribution in [0.2, 0.25) is 0 Å². The van der Waals surface area contributed by atoms with Gasteiger partial charge in [-0.3, -0.25) is 4.79 Å². The van der Waals surface area contributed by atoms with Gasteiger partial charge in [0.25, 0.3) is 5.91 Å². The van der Waals surface area contributed by atoms with Gasteiger partial charge in [0.15, 0.2) is 0 Å². The molecule has 19 heavy (non-hydrogen) atoms. The quantitative estimate of drug-likeness (QED) is 0.926. The molecule has 0 spiro atoms. The summed E-state index contributed by atoms with van der Waals surface area (Å²) >= 11 is 3.02. The first-order valence-electron chi connectivity index (χ1n) is 5.85. The number of nitrogens with one attached hydrogen (secondary N) is 1. The van der Waals surface area contributed by atoms with Gasteiger partial charge in [-0.1, -0.05) is 0 Å². The van der Waals surface area contributed by atoms with Crippen LogP contribution in [-0.2, 0) is 4.74 Å². The van der Waals surface area contributed by atoms with E-state index < -0.39 is 11.9 Å². The predicted molar refractivity (Wildman–Crippen MR) is 69.9 cm³/mol. The number of nitrogens with zero attached hydrogens (tertiary/aromatic N) is 1. The van der Waals surface area contributed by atoms with Crippen molar-refractivity contribution in [2.24, 2.45) is 5.92 Å². The van der Waals surface area contributed by atoms with Crippen LogP contribution in [0.3, 0.4) is 0 Å². The summed E-state index contributed by atoms with van der Waals surface area (Å²) in [4.78, 5) is 12.0. The Balaban J connectivity index is 2.06. The summed E-state index contributed by atoms with van der Waals surface area (Å²) in [5.41, 5.74) is 0.312. The number of amides is 1. The number of carbonyl (C=O) groups excluding carboxylic acids is 1. The summed E-state index contributed by atoms with van der Waals surface area (Å²) in [6.07, 6.45) is 0.756. The molecule has 0 unspecified atom stereocenters. The highest BCUT2D eigenvalue weighted by molar-refractivity contribution is 9.10. The van der Waals surface area contributed by atoms with Gasteiger partial charge in [-0.25, -0.2) is 4.39 Å². The Morgan fingerprint density at radius 1 is 1.63 bits per heavy atom. The standard InChI is InChI=1S/C13H12BrFN2O2/c14-10-5-8(1-2-11(10)15)13(18)17-12(6-16)9-3-4-19-7-9/h1-2,5,9,12H,3-4,7H2,(H,17,18)/t9-,12+/m0/s1. The second-order valence-corrected chi connectivity index (χ2v) is 5.19. The van der Waals surface area contributed by atoms with Gasteiger partial charge in [0.2, 0.25) is 0 Å². The van der Waals surface area contributed by atoms with E-state index in [1.54, 1.807) is 0 Å². The molecule has 2 rings (SSSR count). The lowest BCUT2D eigenvalue weighted by Gasteiger charge is -2.16. The Morgan fingerprint density at radius 2 is 2.42 bits per heavy atom. The zero-order valence-electron chi connectivity index (χ0n) is 10.0. The van der Waals surface area contributed by atoms with Gasteiger partial charge >= 0.3 is 0 Å². The molecule has 100 valence electrons. The molecule has 1 amide bonds. The summed E-state index contributed by atoms with van der Waals surface area (Å²) in [5, 5.41) is 11.7. The lowest BCUT2D eigenvalue weighted by atomic mass is 10.00. The van der Waals surface area contributed by atoms with Crippen molar-refractivity contribution >= 4 is 21.8 Å². The fourth-order valence-electron chi connectivity index (χ4n) is 1.93. The number of ether oxygens (including phenoxy) is 1. The maximum atomic E-state index is 13.1. The third-order valence-electron chi connectivity index (χ3n) is 3.04. The maximum Gasteiger partial charge on any atom is 0.252 e. The van der Waals surface area contributed by atoms with Crippen molar-refractivity contribution < 1.29 is 13.9 Å². The average molecular weight is 327 g/mol. The van der Waals surface area contributed by atoms with Crippen LogP contribution >= 0.6 is 15.9 Å². The third kappa shape index (κ3) is 3.31. The third-order valence-corrected chi connectivity index (χ3v) is 3.65. The number of carbonyl (C=O) groups is 1. The van der Waals surface area contributed by atoms with Crippen molar-refractivity contribution in [3.05, 3.63) is 34.1 Å². The molecule has 0 bridgehead atoms. The van der Waals surface area contributed by atoms with Gasteiger partial charge in [-0.15, -0.1) is 0 Å². The summed E-state index contributed by atoms with van der Waals surface area (Å²) in [6.45, 7) is 1.09. The fourth-order valence-corrected chi connectivity index (χ4v) is 2.31. The van der Waals surface area contributed by atoms with Crippen molar-refractivity contribution in [3.63, 3.8) is 0 Å². The first-order chi connectivity index (χ1) is 9.11. The van der Waals surface area contributed by atoms with E-state index in [9.17, 15) is 9.18 Å². The van der Waals surface area contributed by atoms with Crippen molar-refractivity contribution in [1.29, 1.82) is 5.26 Å². The molecular weight excluding hydrogens is 315 g/mol. The van der Waals surface area contributed by atoms with Gasteiger partial charge in [0, 0.05) is 18.1 Å². The zero-order valence-corrected chi connectivity index (χ0v) is 11.6. The average Bonchev–Trinajstić information content (AvgIpc) is 2.92. The monoisotopic (exact) mass is 326 g/mol. The molecule has 1 N–H and O–H groups in total. The first kappa shape index (κ1) is 14.0. The van der Waals surface area contributed by atoms with Gasteiger partial charge in [0.05, 0.1) is 17.1 Å². The smallest absolute Gasteiger partial charge is 0.252 e. The Kier molecular flexibility index (Phi) is 4.51. The topological polar surface area (TPSA) is 62.1 Å². The molecule has 0 aliphatic carbocycles. The van der Waals surface area contributed by atoms with Crippen LogP contribution in [0.1, 0.15) is 16.8 Å². The number of benzene rings is 1. The second kappa shape index (κ2) is 6.13. The van der Waals surface area contributed by atoms with E-state index in [1.165, 1.54) is 18.2 Å². The van der Waals surface area contributed by atoms with E-state index in [0.717, 1.165) is 6.42 Å². The van der Waals surface area contributed by atoms with Crippen LogP contribution < -0.4 is 5.32 Å². The predicted octanol–water partition coefficient (Wildman–Crippen LogP) is 2.25. The number of halogens is 2. The molecular formula is C13H12BrFN2O2. The van der Waals surface area contributed by atoms with Crippen LogP contribution in [0.4, 0.5) is 4.39 Å². The Labute approximate surface area is 118 Å². The summed E-state index contributed by atoms with van der Waals surface area (Å²) in [7, 11) is 0. The maximum absolute atomic E-state index is 13.1. The fraction of sp³-hybridized carbons (Fsp3) is 0.385. The van der Waals surface area contributed by atoms with E-state index in [-0.39, 0.29) is 16.3 Å². The molecule has 0 saturated carbocycles. The Morgan fingerprint density at radius 3 is 3.00 bits per heavy atom. The number of rotatable bonds is 3. The molecule has 0 radical (unpaired) electrons. The van der Waals surface area contributed by atoms with E-state index in [2.05, 4.69) is 27.3 Å². The summed E-state index contributed by atoms with van der Waals surface area (Å²) in [5.74, 6) is -0.811. The number of hydrogen-bond donors (Lipinski definition) is 1. The van der Waals surface area contributed by atoms with Gasteiger partial charge in [-0.05, 0) is 40.5 Å². The molecule has 1 aromatic rings. The molecule has 1 aliphatic heterocycles. The Bertz CT molecular complexity index is 524. The van der Waals surface area contributed by atoms with Crippen LogP contribution in [0.25, 0.3) is 0 Å². The normalized spacial score (nSPS) is 19.7. The molecule has 6 heteroatoms. The van der Waals surface area contributed by atoms with E-state index >= 15 is 0 Å². The van der Waals surface area contributed by atoms with Crippen molar-refractivity contribution in [2.45, 2.75) is 12.5 Å². The van der Waals surface area contributed by atoms with Crippen LogP contribution in [0.5, 0.6) is 0 Å². The number of nitriles is 1. The van der Waals surface area contributed by atoms with Crippen molar-refractivity contribution in [1.82, 2.24) is 5.32 Å². The van der Waals surface area contributed by atoms with Crippen LogP contribution in [-0.4, -0.2) is 25.2 Å². The highest BCUT2D eigenvalue weighted by Gasteiger charge is 2.27. The minimum Gasteiger partial charge on any atom is -0.381 e. The summed E-state index contributed by atoms with van der Waals surface area (Å²) in [6, 6.07) is 5.47. The molecule has 1 aromatic carbocycles. The minimum absolute atomic E-state index is 0.0119. The molecule has 1 saturated heterocycles. The zero-order chi connectivity index (χ0) is 13.8. The van der Waals surface area contributed by atoms with Crippen LogP contribution in [0, 0.1) is 23.1 Å². The van der Waals surface area contributed by atoms with Crippen molar-refractivity contribution in [2.75, 3.05) is 13.2 Å².